The van der Waals surface area contributed by atoms with Crippen LogP contribution in [-0.4, -0.2) is 55.4 Å². The first-order valence-electron chi connectivity index (χ1n) is 7.40. The Kier molecular flexibility index (Phi) is 4.82. The molecule has 2 unspecified atom stereocenters. The van der Waals surface area contributed by atoms with Crippen molar-refractivity contribution in [1.29, 1.82) is 0 Å². The molecule has 2 fully saturated rings. The van der Waals surface area contributed by atoms with Gasteiger partial charge in [-0.3, -0.25) is 10.1 Å². The Bertz CT molecular complexity index is 385. The van der Waals surface area contributed by atoms with Crippen LogP contribution in [0.15, 0.2) is 0 Å². The number of likely N-dealkylation sites (tertiary alicyclic amines) is 1. The van der Waals surface area contributed by atoms with Gasteiger partial charge in [-0.25, -0.2) is 0 Å². The van der Waals surface area contributed by atoms with E-state index in [4.69, 9.17) is 4.74 Å². The largest absolute Gasteiger partial charge is 0.468 e. The van der Waals surface area contributed by atoms with Crippen molar-refractivity contribution in [3.8, 4) is 0 Å². The van der Waals surface area contributed by atoms with Gasteiger partial charge in [-0.2, -0.15) is 13.2 Å². The van der Waals surface area contributed by atoms with E-state index < -0.39 is 23.6 Å². The molecule has 122 valence electrons. The molecule has 2 rings (SSSR count). The summed E-state index contributed by atoms with van der Waals surface area (Å²) in [4.78, 5) is 13.7. The molecule has 7 heteroatoms. The normalized spacial score (nSPS) is 27.2. The maximum Gasteiger partial charge on any atom is 0.393 e. The molecule has 2 atom stereocenters. The van der Waals surface area contributed by atoms with Crippen LogP contribution in [0.4, 0.5) is 13.2 Å². The van der Waals surface area contributed by atoms with Crippen LogP contribution in [0.25, 0.3) is 0 Å². The third-order valence-corrected chi connectivity index (χ3v) is 4.24. The quantitative estimate of drug-likeness (QED) is 0.788. The number of methoxy groups -OCH3 is 1. The first-order chi connectivity index (χ1) is 9.74. The highest BCUT2D eigenvalue weighted by atomic mass is 19.4. The fourth-order valence-electron chi connectivity index (χ4n) is 2.99. The lowest BCUT2D eigenvalue weighted by molar-refractivity contribution is -0.187. The number of nitrogens with one attached hydrogen (secondary N) is 1. The Morgan fingerprint density at radius 1 is 1.33 bits per heavy atom. The first-order valence-corrected chi connectivity index (χ1v) is 7.40. The number of carbonyl (C=O) groups excluding carboxylic acids is 1. The molecule has 1 saturated carbocycles. The number of carbonyl (C=O) groups is 1. The summed E-state index contributed by atoms with van der Waals surface area (Å²) >= 11 is 0. The summed E-state index contributed by atoms with van der Waals surface area (Å²) in [6.07, 6.45) is -1.49. The van der Waals surface area contributed by atoms with Gasteiger partial charge in [-0.15, -0.1) is 0 Å². The van der Waals surface area contributed by atoms with Crippen molar-refractivity contribution >= 4 is 5.97 Å². The Morgan fingerprint density at radius 2 is 2.00 bits per heavy atom. The van der Waals surface area contributed by atoms with Gasteiger partial charge < -0.3 is 9.64 Å². The molecule has 1 aliphatic heterocycles. The number of hydrogen-bond acceptors (Lipinski definition) is 4. The lowest BCUT2D eigenvalue weighted by Crippen LogP contribution is -2.59. The van der Waals surface area contributed by atoms with Crippen molar-refractivity contribution in [2.24, 2.45) is 5.92 Å². The van der Waals surface area contributed by atoms with E-state index in [2.05, 4.69) is 5.32 Å². The van der Waals surface area contributed by atoms with E-state index in [0.717, 1.165) is 12.8 Å². The Labute approximate surface area is 123 Å². The number of alkyl halides is 3. The Hall–Kier alpha value is -0.820. The average molecular weight is 308 g/mol. The van der Waals surface area contributed by atoms with E-state index in [1.165, 1.54) is 7.11 Å². The smallest absolute Gasteiger partial charge is 0.393 e. The Balaban J connectivity index is 2.00. The molecule has 0 spiro atoms. The van der Waals surface area contributed by atoms with E-state index in [-0.39, 0.29) is 25.6 Å². The number of esters is 1. The van der Waals surface area contributed by atoms with Crippen LogP contribution in [-0.2, 0) is 9.53 Å². The van der Waals surface area contributed by atoms with Crippen LogP contribution >= 0.6 is 0 Å². The minimum atomic E-state index is -4.16. The van der Waals surface area contributed by atoms with Crippen molar-refractivity contribution in [2.45, 2.75) is 50.4 Å². The molecule has 1 N–H and O–H groups in total. The predicted molar refractivity (Wildman–Crippen MR) is 71.8 cm³/mol. The molecule has 1 heterocycles. The number of hydrogen-bond donors (Lipinski definition) is 1. The van der Waals surface area contributed by atoms with Crippen molar-refractivity contribution in [3.05, 3.63) is 0 Å². The molecule has 4 nitrogen and oxygen atoms in total. The van der Waals surface area contributed by atoms with Gasteiger partial charge in [-0.1, -0.05) is 0 Å². The molecular weight excluding hydrogens is 285 g/mol. The van der Waals surface area contributed by atoms with Crippen LogP contribution in [0.1, 0.15) is 32.6 Å². The van der Waals surface area contributed by atoms with Crippen molar-refractivity contribution in [3.63, 3.8) is 0 Å². The summed E-state index contributed by atoms with van der Waals surface area (Å²) in [5.74, 6) is -1.71. The van der Waals surface area contributed by atoms with Gasteiger partial charge in [0.25, 0.3) is 0 Å². The Morgan fingerprint density at radius 3 is 2.52 bits per heavy atom. The predicted octanol–water partition coefficient (Wildman–Crippen LogP) is 1.94. The molecule has 0 radical (unpaired) electrons. The lowest BCUT2D eigenvalue weighted by Gasteiger charge is -2.39. The maximum absolute atomic E-state index is 12.9. The molecule has 0 aromatic rings. The summed E-state index contributed by atoms with van der Waals surface area (Å²) in [6, 6.07) is 0.275. The average Bonchev–Trinajstić information content (AvgIpc) is 3.20. The number of piperidine rings is 1. The van der Waals surface area contributed by atoms with E-state index >= 15 is 0 Å². The van der Waals surface area contributed by atoms with Gasteiger partial charge in [0.05, 0.1) is 13.0 Å². The van der Waals surface area contributed by atoms with E-state index in [1.807, 2.05) is 0 Å². The molecule has 0 bridgehead atoms. The standard InChI is InChI=1S/C14H23F3N2O2/c1-13(12(20)21-2,18-11-5-6-11)9-19-7-3-4-10(8-19)14(15,16)17/h10-11,18H,3-9H2,1-2H3. The van der Waals surface area contributed by atoms with Crippen molar-refractivity contribution < 1.29 is 22.7 Å². The van der Waals surface area contributed by atoms with E-state index in [1.54, 1.807) is 11.8 Å². The number of halogens is 3. The number of ether oxygens (including phenoxy) is 1. The second-order valence-corrected chi connectivity index (χ2v) is 6.36. The zero-order chi connectivity index (χ0) is 15.7. The highest BCUT2D eigenvalue weighted by Crippen LogP contribution is 2.34. The van der Waals surface area contributed by atoms with Gasteiger partial charge in [0, 0.05) is 19.1 Å². The monoisotopic (exact) mass is 308 g/mol. The molecule has 1 aliphatic carbocycles. The minimum absolute atomic E-state index is 0.0393. The van der Waals surface area contributed by atoms with Gasteiger partial charge >= 0.3 is 12.1 Å². The summed E-state index contributed by atoms with van der Waals surface area (Å²) < 4.78 is 43.4. The van der Waals surface area contributed by atoms with E-state index in [9.17, 15) is 18.0 Å². The molecule has 2 aliphatic rings. The zero-order valence-corrected chi connectivity index (χ0v) is 12.5. The summed E-state index contributed by atoms with van der Waals surface area (Å²) in [5.41, 5.74) is -0.941. The van der Waals surface area contributed by atoms with Crippen molar-refractivity contribution in [1.82, 2.24) is 10.2 Å². The molecule has 0 aromatic carbocycles. The zero-order valence-electron chi connectivity index (χ0n) is 12.5. The topological polar surface area (TPSA) is 41.6 Å². The molecule has 1 saturated heterocycles. The third kappa shape index (κ3) is 4.32. The highest BCUT2D eigenvalue weighted by molar-refractivity contribution is 5.80. The summed E-state index contributed by atoms with van der Waals surface area (Å²) in [5, 5.41) is 3.22. The maximum atomic E-state index is 12.9. The van der Waals surface area contributed by atoms with Crippen molar-refractivity contribution in [2.75, 3.05) is 26.7 Å². The first kappa shape index (κ1) is 16.5. The SMILES string of the molecule is COC(=O)C(C)(CN1CCCC(C(F)(F)F)C1)NC1CC1. The van der Waals surface area contributed by atoms with E-state index in [0.29, 0.717) is 13.0 Å². The van der Waals surface area contributed by atoms with Crippen LogP contribution < -0.4 is 5.32 Å². The van der Waals surface area contributed by atoms with Crippen LogP contribution in [0.2, 0.25) is 0 Å². The second-order valence-electron chi connectivity index (χ2n) is 6.36. The minimum Gasteiger partial charge on any atom is -0.468 e. The molecule has 0 amide bonds. The molecular formula is C14H23F3N2O2. The fourth-order valence-corrected chi connectivity index (χ4v) is 2.99. The summed E-state index contributed by atoms with van der Waals surface area (Å²) in [7, 11) is 1.31. The molecule has 0 aromatic heterocycles. The number of nitrogens with zero attached hydrogens (tertiary/aromatic N) is 1. The van der Waals surface area contributed by atoms with Gasteiger partial charge in [0.15, 0.2) is 0 Å². The molecule has 21 heavy (non-hydrogen) atoms. The second kappa shape index (κ2) is 6.12. The number of rotatable bonds is 5. The van der Waals surface area contributed by atoms with Crippen LogP contribution in [0.5, 0.6) is 0 Å². The lowest BCUT2D eigenvalue weighted by atomic mass is 9.94. The van der Waals surface area contributed by atoms with Gasteiger partial charge in [0.1, 0.15) is 5.54 Å². The van der Waals surface area contributed by atoms with Gasteiger partial charge in [-0.05, 0) is 39.2 Å². The summed E-state index contributed by atoms with van der Waals surface area (Å²) in [6.45, 7) is 2.52. The fraction of sp³-hybridized carbons (Fsp3) is 0.929. The van der Waals surface area contributed by atoms with Crippen LogP contribution in [0, 0.1) is 5.92 Å². The van der Waals surface area contributed by atoms with Gasteiger partial charge in [0.2, 0.25) is 0 Å². The highest BCUT2D eigenvalue weighted by Gasteiger charge is 2.45. The third-order valence-electron chi connectivity index (χ3n) is 4.24. The van der Waals surface area contributed by atoms with Crippen LogP contribution in [0.3, 0.4) is 0 Å².